The summed E-state index contributed by atoms with van der Waals surface area (Å²) in [6.07, 6.45) is 0.719. The quantitative estimate of drug-likeness (QED) is 0.471. The molecule has 6 nitrogen and oxygen atoms in total. The molecule has 1 aliphatic rings. The van der Waals surface area contributed by atoms with Crippen LogP contribution >= 0.6 is 0 Å². The van der Waals surface area contributed by atoms with E-state index in [9.17, 15) is 8.78 Å². The first-order valence-electron chi connectivity index (χ1n) is 10.9. The van der Waals surface area contributed by atoms with Crippen molar-refractivity contribution in [3.05, 3.63) is 77.9 Å². The van der Waals surface area contributed by atoms with Crippen LogP contribution in [-0.2, 0) is 11.2 Å². The van der Waals surface area contributed by atoms with Crippen LogP contribution < -0.4 is 10.2 Å². The van der Waals surface area contributed by atoms with E-state index in [4.69, 9.17) is 14.7 Å². The molecule has 8 heteroatoms. The van der Waals surface area contributed by atoms with Gasteiger partial charge in [-0.1, -0.05) is 12.1 Å². The van der Waals surface area contributed by atoms with Crippen LogP contribution in [0.5, 0.6) is 0 Å². The zero-order valence-electron chi connectivity index (χ0n) is 18.0. The lowest BCUT2D eigenvalue weighted by Crippen LogP contribution is -2.37. The summed E-state index contributed by atoms with van der Waals surface area (Å²) in [6, 6.07) is 16.5. The van der Waals surface area contributed by atoms with E-state index in [1.165, 1.54) is 24.3 Å². The molecule has 0 bridgehead atoms. The molecule has 2 aromatic carbocycles. The van der Waals surface area contributed by atoms with Crippen molar-refractivity contribution in [3.63, 3.8) is 0 Å². The van der Waals surface area contributed by atoms with Gasteiger partial charge in [-0.05, 0) is 60.5 Å². The topological polar surface area (TPSA) is 63.2 Å². The highest BCUT2D eigenvalue weighted by molar-refractivity contribution is 5.88. The predicted octanol–water partition coefficient (Wildman–Crippen LogP) is 4.46. The number of nitrogens with one attached hydrogen (secondary N) is 1. The Morgan fingerprint density at radius 3 is 2.24 bits per heavy atom. The van der Waals surface area contributed by atoms with E-state index in [0.717, 1.165) is 34.6 Å². The summed E-state index contributed by atoms with van der Waals surface area (Å²) in [5.74, 6) is 0.736. The first-order chi connectivity index (χ1) is 16.2. The molecule has 3 heterocycles. The fraction of sp³-hybridized carbons (Fsp3) is 0.240. The van der Waals surface area contributed by atoms with Crippen LogP contribution in [0.2, 0.25) is 0 Å². The number of anilines is 2. The van der Waals surface area contributed by atoms with Gasteiger partial charge in [0.1, 0.15) is 17.2 Å². The van der Waals surface area contributed by atoms with Gasteiger partial charge in [0, 0.05) is 25.2 Å². The molecule has 0 aliphatic carbocycles. The average molecular weight is 447 g/mol. The van der Waals surface area contributed by atoms with Gasteiger partial charge in [-0.3, -0.25) is 0 Å². The predicted molar refractivity (Wildman–Crippen MR) is 124 cm³/mol. The van der Waals surface area contributed by atoms with Crippen molar-refractivity contribution in [2.24, 2.45) is 0 Å². The number of ether oxygens (including phenoxy) is 1. The van der Waals surface area contributed by atoms with Crippen molar-refractivity contribution in [2.75, 3.05) is 43.1 Å². The summed E-state index contributed by atoms with van der Waals surface area (Å²) in [4.78, 5) is 16.4. The molecule has 0 radical (unpaired) electrons. The number of nitrogens with zero attached hydrogens (tertiary/aromatic N) is 4. The van der Waals surface area contributed by atoms with Crippen LogP contribution in [0.1, 0.15) is 5.56 Å². The lowest BCUT2D eigenvalue weighted by Gasteiger charge is -2.28. The van der Waals surface area contributed by atoms with Gasteiger partial charge in [-0.25, -0.2) is 18.7 Å². The molecule has 2 aromatic heterocycles. The third-order valence-corrected chi connectivity index (χ3v) is 5.58. The van der Waals surface area contributed by atoms with Crippen LogP contribution in [-0.4, -0.2) is 47.8 Å². The molecule has 4 aromatic rings. The summed E-state index contributed by atoms with van der Waals surface area (Å²) in [5, 5.41) is 3.29. The Kier molecular flexibility index (Phi) is 6.08. The molecule has 168 valence electrons. The first-order valence-corrected chi connectivity index (χ1v) is 10.9. The second-order valence-corrected chi connectivity index (χ2v) is 7.84. The van der Waals surface area contributed by atoms with Crippen molar-refractivity contribution in [1.29, 1.82) is 0 Å². The SMILES string of the molecule is Fc1ccc(CCNc2nc(N3CCOCC3)c3nc(-c4ccc(F)cc4)ccc3n2)cc1. The Bertz CT molecular complexity index is 1240. The van der Waals surface area contributed by atoms with Crippen molar-refractivity contribution >= 4 is 22.8 Å². The number of hydrogen-bond acceptors (Lipinski definition) is 6. The minimum Gasteiger partial charge on any atom is -0.378 e. The molecule has 0 spiro atoms. The van der Waals surface area contributed by atoms with Crippen molar-refractivity contribution in [1.82, 2.24) is 15.0 Å². The van der Waals surface area contributed by atoms with Gasteiger partial charge in [-0.15, -0.1) is 0 Å². The number of benzene rings is 2. The van der Waals surface area contributed by atoms with Gasteiger partial charge in [0.05, 0.1) is 24.4 Å². The van der Waals surface area contributed by atoms with E-state index in [1.54, 1.807) is 24.3 Å². The standard InChI is InChI=1S/C25H23F2N5O/c26-19-5-1-17(2-6-19)11-12-28-25-30-22-10-9-21(18-3-7-20(27)8-4-18)29-23(22)24(31-25)32-13-15-33-16-14-32/h1-10H,11-16H2,(H,28,30,31). The van der Waals surface area contributed by atoms with Crippen LogP contribution in [0.3, 0.4) is 0 Å². The van der Waals surface area contributed by atoms with Gasteiger partial charge in [0.15, 0.2) is 5.82 Å². The maximum absolute atomic E-state index is 13.4. The monoisotopic (exact) mass is 447 g/mol. The molecule has 33 heavy (non-hydrogen) atoms. The summed E-state index contributed by atoms with van der Waals surface area (Å²) in [5.41, 5.74) is 4.01. The summed E-state index contributed by atoms with van der Waals surface area (Å²) < 4.78 is 32.0. The molecular weight excluding hydrogens is 424 g/mol. The fourth-order valence-electron chi connectivity index (χ4n) is 3.82. The van der Waals surface area contributed by atoms with Crippen LogP contribution in [0.15, 0.2) is 60.7 Å². The Hall–Kier alpha value is -3.65. The van der Waals surface area contributed by atoms with Crippen LogP contribution in [0, 0.1) is 11.6 Å². The molecule has 1 saturated heterocycles. The number of halogens is 2. The summed E-state index contributed by atoms with van der Waals surface area (Å²) in [6.45, 7) is 3.28. The Labute approximate surface area is 190 Å². The lowest BCUT2D eigenvalue weighted by molar-refractivity contribution is 0.122. The lowest BCUT2D eigenvalue weighted by atomic mass is 10.1. The average Bonchev–Trinajstić information content (AvgIpc) is 2.85. The molecule has 1 N–H and O–H groups in total. The Balaban J connectivity index is 1.45. The normalized spacial score (nSPS) is 13.9. The minimum atomic E-state index is -0.284. The van der Waals surface area contributed by atoms with Gasteiger partial charge < -0.3 is 15.0 Å². The van der Waals surface area contributed by atoms with Gasteiger partial charge >= 0.3 is 0 Å². The molecule has 0 saturated carbocycles. The van der Waals surface area contributed by atoms with Crippen LogP contribution in [0.25, 0.3) is 22.3 Å². The van der Waals surface area contributed by atoms with Crippen molar-refractivity contribution in [3.8, 4) is 11.3 Å². The van der Waals surface area contributed by atoms with E-state index < -0.39 is 0 Å². The molecule has 0 amide bonds. The number of hydrogen-bond donors (Lipinski definition) is 1. The second kappa shape index (κ2) is 9.46. The number of aromatic nitrogens is 3. The van der Waals surface area contributed by atoms with E-state index in [1.807, 2.05) is 12.1 Å². The third kappa shape index (κ3) is 4.90. The molecule has 5 rings (SSSR count). The Morgan fingerprint density at radius 1 is 0.818 bits per heavy atom. The van der Waals surface area contributed by atoms with Gasteiger partial charge in [-0.2, -0.15) is 4.98 Å². The fourth-order valence-corrected chi connectivity index (χ4v) is 3.82. The maximum atomic E-state index is 13.4. The largest absolute Gasteiger partial charge is 0.378 e. The zero-order valence-corrected chi connectivity index (χ0v) is 18.0. The number of rotatable bonds is 6. The van der Waals surface area contributed by atoms with E-state index in [2.05, 4.69) is 15.2 Å². The number of pyridine rings is 1. The third-order valence-electron chi connectivity index (χ3n) is 5.58. The van der Waals surface area contributed by atoms with Crippen LogP contribution in [0.4, 0.5) is 20.5 Å². The maximum Gasteiger partial charge on any atom is 0.225 e. The van der Waals surface area contributed by atoms with Crippen molar-refractivity contribution in [2.45, 2.75) is 6.42 Å². The molecule has 0 unspecified atom stereocenters. The molecule has 1 fully saturated rings. The molecular formula is C25H23F2N5O. The van der Waals surface area contributed by atoms with E-state index in [0.29, 0.717) is 44.3 Å². The highest BCUT2D eigenvalue weighted by Gasteiger charge is 2.19. The van der Waals surface area contributed by atoms with Gasteiger partial charge in [0.2, 0.25) is 5.95 Å². The van der Waals surface area contributed by atoms with E-state index in [-0.39, 0.29) is 11.6 Å². The smallest absolute Gasteiger partial charge is 0.225 e. The summed E-state index contributed by atoms with van der Waals surface area (Å²) in [7, 11) is 0. The first kappa shape index (κ1) is 21.2. The van der Waals surface area contributed by atoms with Gasteiger partial charge in [0.25, 0.3) is 0 Å². The highest BCUT2D eigenvalue weighted by atomic mass is 19.1. The Morgan fingerprint density at radius 2 is 1.52 bits per heavy atom. The van der Waals surface area contributed by atoms with E-state index >= 15 is 0 Å². The molecule has 1 aliphatic heterocycles. The zero-order chi connectivity index (χ0) is 22.6. The number of morpholine rings is 1. The minimum absolute atomic E-state index is 0.243. The number of fused-ring (bicyclic) bond motifs is 1. The summed E-state index contributed by atoms with van der Waals surface area (Å²) >= 11 is 0. The van der Waals surface area contributed by atoms with Crippen molar-refractivity contribution < 1.29 is 13.5 Å². The highest BCUT2D eigenvalue weighted by Crippen LogP contribution is 2.28. The second-order valence-electron chi connectivity index (χ2n) is 7.84. The molecule has 0 atom stereocenters.